The molecule has 0 bridgehead atoms. The quantitative estimate of drug-likeness (QED) is 0.0547. The number of carbonyl (C=O) groups excluding carboxylic acids is 7. The monoisotopic (exact) mass is 1400 g/mol. The Hall–Kier alpha value is -7.68. The fourth-order valence-corrected chi connectivity index (χ4v) is 11.9. The van der Waals surface area contributed by atoms with E-state index in [1.165, 1.54) is 43.3 Å². The molecule has 0 aromatic heterocycles. The molecule has 0 radical (unpaired) electrons. The number of carbonyl (C=O) groups is 7. The van der Waals surface area contributed by atoms with Crippen LogP contribution in [0, 0.1) is 11.7 Å². The molecule has 0 aliphatic carbocycles. The van der Waals surface area contributed by atoms with Gasteiger partial charge in [-0.15, -0.1) is 0 Å². The summed E-state index contributed by atoms with van der Waals surface area (Å²) in [6, 6.07) is -3.20. The standard InChI is InChI=1S/C59H85FN12O26/c1-21(2)11-35(78)97-49-42(82)32(19-75)95-57(47(49)87)98-48-33(20-76)96-56(46(86)44(48)84)93-26-9-7-23(8-10-26)12-27-51(89)70-37(39(79)28-14-64-58(61)68-28)54(92)71-38(40(80)30-15-65-59(62)72(30)55-45(85)43(83)41(81)31(18-74)94-55)53(91)67-29(17-73)50(88)63-16-34(77)69-36(52(90)66-27)22(3)24-5-4-6-25(60)13-24/h4-10,13,21-22,27-33,36-49,55-57,73-76,79-87H,11-12,14-20H2,1-3H3,(H2,62,65)(H,63,88)(H,66,90)(H,67,91)(H,69,77)(H,70,89)(H,71,92)(H3,61,64,68)/t22?,27-,28?,29+,30?,31-,32-,33-,36+,37+,38-,39?,40?,41-,42-,43+,44-,45+,46+,47+,48-,49+,55+,56+,57+/m1/s1. The number of nitrogens with zero attached hydrogens (tertiary/aromatic N) is 3. The average Bonchev–Trinajstić information content (AvgIpc) is 1.43. The lowest BCUT2D eigenvalue weighted by atomic mass is 9.91. The Balaban J connectivity index is 1.10. The van der Waals surface area contributed by atoms with Gasteiger partial charge in [0.1, 0.15) is 121 Å². The van der Waals surface area contributed by atoms with Crippen molar-refractivity contribution in [2.24, 2.45) is 27.4 Å². The molecule has 2 aromatic rings. The number of aliphatic hydroxyl groups is 13. The van der Waals surface area contributed by atoms with Gasteiger partial charge in [-0.05, 0) is 41.3 Å². The zero-order chi connectivity index (χ0) is 71.7. The van der Waals surface area contributed by atoms with Gasteiger partial charge in [-0.3, -0.25) is 43.5 Å². The molecule has 4 fully saturated rings. The number of nitrogens with one attached hydrogen (secondary N) is 7. The summed E-state index contributed by atoms with van der Waals surface area (Å²) in [4.78, 5) is 109. The van der Waals surface area contributed by atoms with Crippen LogP contribution >= 0.6 is 0 Å². The smallest absolute Gasteiger partial charge is 0.306 e. The lowest BCUT2D eigenvalue weighted by Gasteiger charge is -2.46. The number of ether oxygens (including phenoxy) is 6. The number of hydrogen-bond donors (Lipinski definition) is 22. The third kappa shape index (κ3) is 17.7. The van der Waals surface area contributed by atoms with E-state index >= 15 is 9.59 Å². The highest BCUT2D eigenvalue weighted by molar-refractivity contribution is 5.98. The Morgan fingerprint density at radius 2 is 1.26 bits per heavy atom. The third-order valence-corrected chi connectivity index (χ3v) is 17.4. The molecule has 544 valence electrons. The van der Waals surface area contributed by atoms with E-state index in [4.69, 9.17) is 39.9 Å². The number of halogens is 1. The van der Waals surface area contributed by atoms with Crippen LogP contribution in [-0.4, -0.2) is 317 Å². The minimum absolute atomic E-state index is 0.110. The van der Waals surface area contributed by atoms with Crippen LogP contribution in [-0.2, 0) is 63.7 Å². The van der Waals surface area contributed by atoms with Gasteiger partial charge in [-0.1, -0.05) is 45.0 Å². The van der Waals surface area contributed by atoms with Gasteiger partial charge in [0.15, 0.2) is 30.5 Å². The van der Waals surface area contributed by atoms with E-state index in [2.05, 4.69) is 47.2 Å². The van der Waals surface area contributed by atoms with Gasteiger partial charge in [0.25, 0.3) is 0 Å². The summed E-state index contributed by atoms with van der Waals surface area (Å²) < 4.78 is 48.9. The Morgan fingerprint density at radius 1 is 0.633 bits per heavy atom. The van der Waals surface area contributed by atoms with E-state index in [-0.39, 0.29) is 41.7 Å². The van der Waals surface area contributed by atoms with Crippen LogP contribution < -0.4 is 53.4 Å². The van der Waals surface area contributed by atoms with Crippen LogP contribution in [0.25, 0.3) is 0 Å². The summed E-state index contributed by atoms with van der Waals surface area (Å²) in [7, 11) is 0. The highest BCUT2D eigenvalue weighted by Crippen LogP contribution is 2.33. The molecule has 39 heteroatoms. The summed E-state index contributed by atoms with van der Waals surface area (Å²) in [5.41, 5.74) is 12.4. The largest absolute Gasteiger partial charge is 0.462 e. The molecule has 0 spiro atoms. The van der Waals surface area contributed by atoms with Crippen LogP contribution in [0.4, 0.5) is 4.39 Å². The predicted octanol–water partition coefficient (Wildman–Crippen LogP) is -11.9. The fraction of sp³-hybridized carbons (Fsp3) is 0.644. The van der Waals surface area contributed by atoms with Crippen molar-refractivity contribution in [3.8, 4) is 5.75 Å². The molecule has 0 saturated carbocycles. The Kier molecular flexibility index (Phi) is 26.0. The lowest BCUT2D eigenvalue weighted by Crippen LogP contribution is -2.70. The summed E-state index contributed by atoms with van der Waals surface area (Å²) >= 11 is 0. The number of nitrogens with two attached hydrogens (primary N) is 2. The van der Waals surface area contributed by atoms with Crippen LogP contribution in [0.2, 0.25) is 0 Å². The minimum Gasteiger partial charge on any atom is -0.462 e. The number of benzene rings is 2. The maximum atomic E-state index is 15.2. The highest BCUT2D eigenvalue weighted by Gasteiger charge is 2.55. The van der Waals surface area contributed by atoms with Gasteiger partial charge < -0.3 is 148 Å². The van der Waals surface area contributed by atoms with E-state index in [9.17, 15) is 94.7 Å². The van der Waals surface area contributed by atoms with Crippen LogP contribution in [0.3, 0.4) is 0 Å². The maximum absolute atomic E-state index is 15.2. The Morgan fingerprint density at radius 3 is 1.89 bits per heavy atom. The summed E-state index contributed by atoms with van der Waals surface area (Å²) in [5.74, 6) is -11.5. The van der Waals surface area contributed by atoms with E-state index < -0.39 is 252 Å². The zero-order valence-electron chi connectivity index (χ0n) is 53.0. The number of rotatable bonds is 20. The molecule has 6 aliphatic rings. The van der Waals surface area contributed by atoms with Crippen LogP contribution in [0.5, 0.6) is 5.75 Å². The van der Waals surface area contributed by atoms with Crippen molar-refractivity contribution >= 4 is 53.3 Å². The van der Waals surface area contributed by atoms with E-state index in [1.54, 1.807) is 13.8 Å². The van der Waals surface area contributed by atoms with Gasteiger partial charge in [0.05, 0.1) is 58.1 Å². The van der Waals surface area contributed by atoms with E-state index in [0.717, 1.165) is 17.0 Å². The molecule has 8 rings (SSSR count). The second kappa shape index (κ2) is 33.5. The first-order valence-corrected chi connectivity index (χ1v) is 31.3. The minimum atomic E-state index is -2.38. The first-order valence-electron chi connectivity index (χ1n) is 31.3. The Bertz CT molecular complexity index is 3180. The maximum Gasteiger partial charge on any atom is 0.306 e. The van der Waals surface area contributed by atoms with Crippen molar-refractivity contribution in [2.45, 2.75) is 186 Å². The summed E-state index contributed by atoms with van der Waals surface area (Å²) in [5, 5.41) is 159. The van der Waals surface area contributed by atoms with E-state index in [1.807, 2.05) is 0 Å². The summed E-state index contributed by atoms with van der Waals surface area (Å²) in [6.45, 7) is -0.967. The van der Waals surface area contributed by atoms with Gasteiger partial charge in [0.2, 0.25) is 41.7 Å². The first kappa shape index (κ1) is 76.1. The number of amides is 6. The molecular formula is C59H85FN12O26. The molecule has 24 N–H and O–H groups in total. The molecule has 5 unspecified atom stereocenters. The molecule has 6 heterocycles. The number of aliphatic imine (C=N–C) groups is 2. The van der Waals surface area contributed by atoms with Gasteiger partial charge in [-0.25, -0.2) is 4.39 Å². The second-order valence-electron chi connectivity index (χ2n) is 24.8. The van der Waals surface area contributed by atoms with Gasteiger partial charge in [0, 0.05) is 18.8 Å². The topological polar surface area (TPSA) is 602 Å². The molecule has 98 heavy (non-hydrogen) atoms. The normalized spacial score (nSPS) is 35.7. The van der Waals surface area contributed by atoms with Crippen molar-refractivity contribution in [3.05, 3.63) is 65.5 Å². The summed E-state index contributed by atoms with van der Waals surface area (Å²) in [6.07, 6.45) is -32.3. The third-order valence-electron chi connectivity index (χ3n) is 17.4. The van der Waals surface area contributed by atoms with Crippen molar-refractivity contribution in [3.63, 3.8) is 0 Å². The molecule has 6 aliphatic heterocycles. The van der Waals surface area contributed by atoms with Gasteiger partial charge in [-0.2, -0.15) is 0 Å². The molecule has 2 aromatic carbocycles. The zero-order valence-corrected chi connectivity index (χ0v) is 53.0. The lowest BCUT2D eigenvalue weighted by molar-refractivity contribution is -0.353. The highest BCUT2D eigenvalue weighted by atomic mass is 19.1. The van der Waals surface area contributed by atoms with Crippen LogP contribution in [0.15, 0.2) is 58.5 Å². The SMILES string of the molecule is CC(C)CC(=O)O[C@@H]1[C@H](O)[C@H](O[C@H]2[C@H](O)[C@H](O)[C@@H](Oc3ccc(C[C@H]4NC(=O)[C@H](C(C)c5cccc(F)c5)NC(=O)CNC(=O)[C@H](CO)NC(=O)[C@@H](C(O)C5CN=C(N)N5[C@H]5O[C@H](CO)[C@@H](O)[C@H](O)[C@@H]5O)NC(=O)[C@H](C(O)C5CN=C(N)N5)NC4=O)cc3)O[C@@H]2CO)O[C@H](CO)[C@H]1O. The molecule has 25 atom stereocenters. The van der Waals surface area contributed by atoms with E-state index in [0.29, 0.717) is 0 Å². The number of guanidine groups is 2. The van der Waals surface area contributed by atoms with Crippen molar-refractivity contribution in [2.75, 3.05) is 46.1 Å². The predicted molar refractivity (Wildman–Crippen MR) is 326 cm³/mol. The molecule has 4 saturated heterocycles. The van der Waals surface area contributed by atoms with Crippen molar-refractivity contribution in [1.82, 2.24) is 42.1 Å². The van der Waals surface area contributed by atoms with Crippen molar-refractivity contribution < 1.29 is 133 Å². The number of esters is 1. The van der Waals surface area contributed by atoms with Crippen molar-refractivity contribution in [1.29, 1.82) is 0 Å². The molecular weight excluding hydrogens is 1310 g/mol. The fourth-order valence-electron chi connectivity index (χ4n) is 11.9. The number of aliphatic hydroxyl groups excluding tert-OH is 13. The number of hydrogen-bond acceptors (Lipinski definition) is 32. The second-order valence-corrected chi connectivity index (χ2v) is 24.8. The molecule has 38 nitrogen and oxygen atoms in total. The first-order chi connectivity index (χ1) is 46.5. The molecule has 6 amide bonds. The van der Waals surface area contributed by atoms with Gasteiger partial charge >= 0.3 is 5.97 Å². The average molecular weight is 1400 g/mol. The Labute approximate surface area is 557 Å². The van der Waals surface area contributed by atoms with Crippen LogP contribution in [0.1, 0.15) is 44.2 Å².